The fourth-order valence-electron chi connectivity index (χ4n) is 3.54. The summed E-state index contributed by atoms with van der Waals surface area (Å²) in [6, 6.07) is 17.6. The zero-order valence-corrected chi connectivity index (χ0v) is 22.0. The van der Waals surface area contributed by atoms with Gasteiger partial charge in [0.1, 0.15) is 18.1 Å². The molecule has 0 saturated heterocycles. The Hall–Kier alpha value is -3.67. The minimum atomic E-state index is -4.10. The number of carboxylic acid groups (broad SMARTS) is 1. The molecule has 4 aromatic rings. The Labute approximate surface area is 219 Å². The van der Waals surface area contributed by atoms with E-state index in [-0.39, 0.29) is 6.54 Å². The van der Waals surface area contributed by atoms with E-state index in [2.05, 4.69) is 9.71 Å². The van der Waals surface area contributed by atoms with Gasteiger partial charge in [0, 0.05) is 18.7 Å². The number of nitrogens with zero attached hydrogens (tertiary/aromatic N) is 2. The predicted octanol–water partition coefficient (Wildman–Crippen LogP) is 4.88. The summed E-state index contributed by atoms with van der Waals surface area (Å²) in [7, 11) is -4.10. The van der Waals surface area contributed by atoms with E-state index in [1.54, 1.807) is 59.9 Å². The monoisotopic (exact) mass is 541 g/mol. The number of aryl methyl sites for hydroxylation is 2. The molecule has 0 amide bonds. The van der Waals surface area contributed by atoms with Crippen molar-refractivity contribution in [2.75, 3.05) is 17.9 Å². The number of aliphatic carboxylic acids is 1. The molecule has 9 nitrogen and oxygen atoms in total. The number of hydrogen-bond acceptors (Lipinski definition) is 7. The van der Waals surface area contributed by atoms with Gasteiger partial charge in [-0.2, -0.15) is 12.7 Å². The summed E-state index contributed by atoms with van der Waals surface area (Å²) in [5, 5.41) is 11.2. The van der Waals surface area contributed by atoms with Gasteiger partial charge in [0.15, 0.2) is 0 Å². The van der Waals surface area contributed by atoms with Crippen molar-refractivity contribution in [1.82, 2.24) is 9.29 Å². The summed E-state index contributed by atoms with van der Waals surface area (Å²) in [6.45, 7) is 3.36. The van der Waals surface area contributed by atoms with E-state index in [9.17, 15) is 18.3 Å². The Bertz CT molecular complexity index is 1430. The summed E-state index contributed by atoms with van der Waals surface area (Å²) in [4.78, 5) is 16.9. The van der Waals surface area contributed by atoms with Crippen molar-refractivity contribution in [1.29, 1.82) is 0 Å². The number of ether oxygens (including phenoxy) is 1. The molecular formula is C26H27N3O6S2. The van der Waals surface area contributed by atoms with Crippen LogP contribution in [0.15, 0.2) is 70.5 Å². The molecule has 2 aromatic heterocycles. The highest BCUT2D eigenvalue weighted by atomic mass is 32.2. The number of thiophene rings is 1. The number of rotatable bonds is 12. The SMILES string of the molecule is Cc1ccc(NS(=O)(=O)N(CC(=O)O)Cc2ccc(OCCc3nc(-c4cccs4)oc3C)cc2)cc1. The largest absolute Gasteiger partial charge is 0.493 e. The number of benzene rings is 2. The molecule has 0 saturated carbocycles. The first kappa shape index (κ1) is 26.4. The van der Waals surface area contributed by atoms with Gasteiger partial charge in [-0.25, -0.2) is 4.98 Å². The third kappa shape index (κ3) is 7.19. The second-order valence-corrected chi connectivity index (χ2v) is 11.0. The maximum atomic E-state index is 12.9. The lowest BCUT2D eigenvalue weighted by Gasteiger charge is -2.21. The molecule has 0 radical (unpaired) electrons. The molecule has 0 fully saturated rings. The number of carboxylic acids is 1. The van der Waals surface area contributed by atoms with Gasteiger partial charge < -0.3 is 14.3 Å². The van der Waals surface area contributed by atoms with Crippen LogP contribution in [0, 0.1) is 13.8 Å². The number of hydrogen-bond donors (Lipinski definition) is 2. The van der Waals surface area contributed by atoms with Gasteiger partial charge >= 0.3 is 16.2 Å². The molecule has 37 heavy (non-hydrogen) atoms. The number of nitrogens with one attached hydrogen (secondary N) is 1. The zero-order chi connectivity index (χ0) is 26.4. The maximum Gasteiger partial charge on any atom is 0.318 e. The second-order valence-electron chi connectivity index (χ2n) is 8.38. The van der Waals surface area contributed by atoms with Crippen LogP contribution in [0.25, 0.3) is 10.8 Å². The van der Waals surface area contributed by atoms with Crippen LogP contribution in [0.1, 0.15) is 22.6 Å². The molecule has 0 aliphatic carbocycles. The Kier molecular flexibility index (Phi) is 8.27. The highest BCUT2D eigenvalue weighted by Crippen LogP contribution is 2.26. The van der Waals surface area contributed by atoms with Crippen LogP contribution in [-0.4, -0.2) is 41.9 Å². The first-order valence-corrected chi connectivity index (χ1v) is 13.8. The fourth-order valence-corrected chi connectivity index (χ4v) is 5.35. The number of carbonyl (C=O) groups is 1. The van der Waals surface area contributed by atoms with Gasteiger partial charge in [0.25, 0.3) is 0 Å². The Morgan fingerprint density at radius 1 is 1.11 bits per heavy atom. The van der Waals surface area contributed by atoms with Gasteiger partial charge in [0.2, 0.25) is 5.89 Å². The molecule has 0 aliphatic heterocycles. The molecule has 4 rings (SSSR count). The molecule has 2 N–H and O–H groups in total. The van der Waals surface area contributed by atoms with Crippen LogP contribution < -0.4 is 9.46 Å². The van der Waals surface area contributed by atoms with Gasteiger partial charge in [-0.3, -0.25) is 9.52 Å². The summed E-state index contributed by atoms with van der Waals surface area (Å²) >= 11 is 1.56. The van der Waals surface area contributed by atoms with Crippen LogP contribution in [0.2, 0.25) is 0 Å². The van der Waals surface area contributed by atoms with Crippen LogP contribution in [-0.2, 0) is 28.0 Å². The average molecular weight is 542 g/mol. The van der Waals surface area contributed by atoms with Crippen molar-refractivity contribution in [3.63, 3.8) is 0 Å². The van der Waals surface area contributed by atoms with Crippen molar-refractivity contribution in [3.05, 3.63) is 88.6 Å². The van der Waals surface area contributed by atoms with Gasteiger partial charge in [0.05, 0.1) is 17.2 Å². The van der Waals surface area contributed by atoms with E-state index in [1.807, 2.05) is 31.4 Å². The molecule has 0 spiro atoms. The summed E-state index contributed by atoms with van der Waals surface area (Å²) < 4.78 is 40.7. The topological polar surface area (TPSA) is 122 Å². The van der Waals surface area contributed by atoms with Crippen LogP contribution >= 0.6 is 11.3 Å². The predicted molar refractivity (Wildman–Crippen MR) is 142 cm³/mol. The van der Waals surface area contributed by atoms with Crippen molar-refractivity contribution < 1.29 is 27.5 Å². The quantitative estimate of drug-likeness (QED) is 0.262. The van der Waals surface area contributed by atoms with Crippen molar-refractivity contribution in [3.8, 4) is 16.5 Å². The van der Waals surface area contributed by atoms with Gasteiger partial charge in [-0.1, -0.05) is 35.9 Å². The minimum Gasteiger partial charge on any atom is -0.493 e. The van der Waals surface area contributed by atoms with Gasteiger partial charge in [-0.05, 0) is 55.1 Å². The molecule has 0 unspecified atom stereocenters. The summed E-state index contributed by atoms with van der Waals surface area (Å²) in [5.41, 5.74) is 2.79. The fraction of sp³-hybridized carbons (Fsp3) is 0.231. The van der Waals surface area contributed by atoms with Gasteiger partial charge in [-0.15, -0.1) is 11.3 Å². The summed E-state index contributed by atoms with van der Waals surface area (Å²) in [5.74, 6) is 0.708. The smallest absolute Gasteiger partial charge is 0.318 e. The van der Waals surface area contributed by atoms with Crippen LogP contribution in [0.3, 0.4) is 0 Å². The zero-order valence-electron chi connectivity index (χ0n) is 20.4. The van der Waals surface area contributed by atoms with Crippen molar-refractivity contribution >= 4 is 33.2 Å². The first-order chi connectivity index (χ1) is 17.7. The highest BCUT2D eigenvalue weighted by Gasteiger charge is 2.25. The Balaban J connectivity index is 1.36. The van der Waals surface area contributed by atoms with E-state index in [4.69, 9.17) is 9.15 Å². The lowest BCUT2D eigenvalue weighted by molar-refractivity contribution is -0.137. The second kappa shape index (κ2) is 11.6. The molecule has 11 heteroatoms. The number of oxazole rings is 1. The highest BCUT2D eigenvalue weighted by molar-refractivity contribution is 7.90. The van der Waals surface area contributed by atoms with Crippen LogP contribution in [0.5, 0.6) is 5.75 Å². The Morgan fingerprint density at radius 3 is 2.49 bits per heavy atom. The van der Waals surface area contributed by atoms with E-state index in [1.165, 1.54) is 0 Å². The number of anilines is 1. The van der Waals surface area contributed by atoms with E-state index >= 15 is 0 Å². The Morgan fingerprint density at radius 2 is 1.84 bits per heavy atom. The molecule has 2 aromatic carbocycles. The number of aromatic nitrogens is 1. The maximum absolute atomic E-state index is 12.9. The van der Waals surface area contributed by atoms with E-state index in [0.29, 0.717) is 35.9 Å². The lowest BCUT2D eigenvalue weighted by atomic mass is 10.2. The summed E-state index contributed by atoms with van der Waals surface area (Å²) in [6.07, 6.45) is 0.567. The van der Waals surface area contributed by atoms with E-state index in [0.717, 1.165) is 26.2 Å². The molecule has 0 aliphatic rings. The average Bonchev–Trinajstić information content (AvgIpc) is 3.51. The first-order valence-electron chi connectivity index (χ1n) is 11.5. The minimum absolute atomic E-state index is 0.114. The van der Waals surface area contributed by atoms with Crippen LogP contribution in [0.4, 0.5) is 5.69 Å². The molecule has 194 valence electrons. The standard InChI is InChI=1S/C26H27N3O6S2/c1-18-5-9-21(10-6-18)28-37(32,33)29(17-25(30)31)16-20-7-11-22(12-8-20)34-14-13-23-19(2)35-26(27-23)24-4-3-15-36-24/h3-12,15,28H,13-14,16-17H2,1-2H3,(H,30,31). The van der Waals surface area contributed by atoms with Crippen molar-refractivity contribution in [2.45, 2.75) is 26.8 Å². The molecular weight excluding hydrogens is 514 g/mol. The third-order valence-corrected chi connectivity index (χ3v) is 7.75. The normalized spacial score (nSPS) is 11.5. The molecule has 0 atom stereocenters. The van der Waals surface area contributed by atoms with E-state index < -0.39 is 22.7 Å². The lowest BCUT2D eigenvalue weighted by Crippen LogP contribution is -2.39. The molecule has 2 heterocycles. The van der Waals surface area contributed by atoms with Crippen molar-refractivity contribution in [2.24, 2.45) is 0 Å². The molecule has 0 bridgehead atoms. The third-order valence-electron chi connectivity index (χ3n) is 5.46.